The van der Waals surface area contributed by atoms with E-state index in [1.54, 1.807) is 0 Å². The summed E-state index contributed by atoms with van der Waals surface area (Å²) in [7, 11) is 0. The van der Waals surface area contributed by atoms with E-state index in [9.17, 15) is 0 Å². The molecule has 0 saturated carbocycles. The zero-order chi connectivity index (χ0) is 7.15. The average Bonchev–Trinajstić information content (AvgIpc) is 1.25. The molecule has 6 nitrogen and oxygen atoms in total. The Labute approximate surface area is 109 Å². The standard InChI is InChI=1S/Ca.Li.2H2O3S.3H/c;;2*1-4(2)3;;;/h;;2*(H2,1,2,3);;;/q+2;+1;;;3*-1. The van der Waals surface area contributed by atoms with Gasteiger partial charge in [-0.2, -0.15) is 8.42 Å². The quantitative estimate of drug-likeness (QED) is 0.244. The van der Waals surface area contributed by atoms with Crippen molar-refractivity contribution >= 4 is 60.5 Å². The maximum atomic E-state index is 8.67. The molecule has 0 aromatic carbocycles. The second-order valence-corrected chi connectivity index (χ2v) is 1.38. The van der Waals surface area contributed by atoms with E-state index in [2.05, 4.69) is 0 Å². The van der Waals surface area contributed by atoms with Gasteiger partial charge in [0.25, 0.3) is 22.7 Å². The molecule has 0 unspecified atom stereocenters. The van der Waals surface area contributed by atoms with Crippen LogP contribution in [0.1, 0.15) is 4.28 Å². The van der Waals surface area contributed by atoms with E-state index in [1.165, 1.54) is 0 Å². The molecular formula is H7CaLiO6S2. The van der Waals surface area contributed by atoms with E-state index in [-0.39, 0.29) is 60.9 Å². The topological polar surface area (TPSA) is 115 Å². The van der Waals surface area contributed by atoms with E-state index in [1.807, 2.05) is 0 Å². The van der Waals surface area contributed by atoms with E-state index in [4.69, 9.17) is 26.6 Å². The van der Waals surface area contributed by atoms with Gasteiger partial charge in [0.15, 0.2) is 0 Å². The molecule has 0 aromatic heterocycles. The largest absolute Gasteiger partial charge is 2.00 e. The molecule has 0 bridgehead atoms. The predicted octanol–water partition coefficient (Wildman–Crippen LogP) is -3.68. The van der Waals surface area contributed by atoms with Gasteiger partial charge in [0.1, 0.15) is 0 Å². The van der Waals surface area contributed by atoms with Crippen LogP contribution in [0, 0.1) is 0 Å². The molecule has 0 aliphatic carbocycles. The smallest absolute Gasteiger partial charge is 1.00 e. The van der Waals surface area contributed by atoms with Gasteiger partial charge in [-0.3, -0.25) is 18.2 Å². The van der Waals surface area contributed by atoms with Gasteiger partial charge in [-0.15, -0.1) is 0 Å². The van der Waals surface area contributed by atoms with Crippen LogP contribution in [0.4, 0.5) is 0 Å². The molecule has 0 aliphatic heterocycles. The van der Waals surface area contributed by atoms with Gasteiger partial charge in [0, 0.05) is 0 Å². The first kappa shape index (κ1) is 22.7. The SMILES string of the molecule is O=S(O)O.O=S(O)O.[Ca+2].[H-].[H-].[H-].[Li+]. The fourth-order valence-electron chi connectivity index (χ4n) is 0. The Morgan fingerprint density at radius 1 is 0.900 bits per heavy atom. The first-order valence-corrected chi connectivity index (χ1v) is 3.19. The molecule has 0 aliphatic rings. The van der Waals surface area contributed by atoms with Crippen LogP contribution in [0.25, 0.3) is 0 Å². The van der Waals surface area contributed by atoms with Crippen LogP contribution in [-0.2, 0) is 22.7 Å². The molecular weight excluding hydrogens is 207 g/mol. The van der Waals surface area contributed by atoms with Gasteiger partial charge in [0.05, 0.1) is 0 Å². The molecule has 0 heterocycles. The molecule has 0 fully saturated rings. The summed E-state index contributed by atoms with van der Waals surface area (Å²) in [6, 6.07) is 0. The minimum Gasteiger partial charge on any atom is -1.00 e. The van der Waals surface area contributed by atoms with Crippen LogP contribution in [-0.4, -0.2) is 64.4 Å². The summed E-state index contributed by atoms with van der Waals surface area (Å²) in [5.74, 6) is 0. The number of hydrogen-bond acceptors (Lipinski definition) is 2. The van der Waals surface area contributed by atoms with Crippen molar-refractivity contribution in [3.8, 4) is 0 Å². The molecule has 4 N–H and O–H groups in total. The van der Waals surface area contributed by atoms with Crippen LogP contribution in [0.3, 0.4) is 0 Å². The third kappa shape index (κ3) is 203. The summed E-state index contributed by atoms with van der Waals surface area (Å²) >= 11 is -5.22. The van der Waals surface area contributed by atoms with E-state index < -0.39 is 22.7 Å². The Kier molecular flexibility index (Phi) is 39.0. The van der Waals surface area contributed by atoms with Crippen LogP contribution in [0.15, 0.2) is 0 Å². The van der Waals surface area contributed by atoms with Gasteiger partial charge in [-0.25, -0.2) is 0 Å². The van der Waals surface area contributed by atoms with Gasteiger partial charge in [-0.1, -0.05) is 0 Å². The van der Waals surface area contributed by atoms with Crippen molar-refractivity contribution in [1.82, 2.24) is 0 Å². The molecule has 0 amide bonds. The van der Waals surface area contributed by atoms with E-state index in [0.29, 0.717) is 0 Å². The van der Waals surface area contributed by atoms with Crippen molar-refractivity contribution in [2.45, 2.75) is 0 Å². The van der Waals surface area contributed by atoms with Crippen LogP contribution >= 0.6 is 0 Å². The zero-order valence-corrected chi connectivity index (χ0v) is 8.97. The second kappa shape index (κ2) is 17.2. The van der Waals surface area contributed by atoms with Gasteiger partial charge < -0.3 is 4.28 Å². The maximum absolute atomic E-state index is 8.67. The predicted molar refractivity (Wildman–Crippen MR) is 35.9 cm³/mol. The van der Waals surface area contributed by atoms with Gasteiger partial charge in [0.2, 0.25) is 0 Å². The monoisotopic (exact) mass is 214 g/mol. The van der Waals surface area contributed by atoms with Crippen LogP contribution in [0.5, 0.6) is 0 Å². The molecule has 0 spiro atoms. The number of hydrogen-bond donors (Lipinski definition) is 4. The minimum absolute atomic E-state index is 0. The Hall–Kier alpha value is 2.00. The van der Waals surface area contributed by atoms with E-state index in [0.717, 1.165) is 0 Å². The molecule has 58 valence electrons. The zero-order valence-electron chi connectivity index (χ0n) is 8.13. The molecule has 0 atom stereocenters. The Bertz CT molecular complexity index is 83.9. The summed E-state index contributed by atoms with van der Waals surface area (Å²) in [6.45, 7) is 0. The fraction of sp³-hybridized carbons (Fsp3) is 0. The van der Waals surface area contributed by atoms with Crippen molar-refractivity contribution in [2.75, 3.05) is 0 Å². The van der Waals surface area contributed by atoms with Crippen molar-refractivity contribution < 1.29 is 49.8 Å². The average molecular weight is 214 g/mol. The van der Waals surface area contributed by atoms with E-state index >= 15 is 0 Å². The fourth-order valence-corrected chi connectivity index (χ4v) is 0. The minimum atomic E-state index is -2.61. The third-order valence-electron chi connectivity index (χ3n) is 0. The maximum Gasteiger partial charge on any atom is 2.00 e. The molecule has 10 heavy (non-hydrogen) atoms. The van der Waals surface area contributed by atoms with Crippen LogP contribution in [0.2, 0.25) is 0 Å². The Morgan fingerprint density at radius 2 is 0.900 bits per heavy atom. The summed E-state index contributed by atoms with van der Waals surface area (Å²) < 4.78 is 45.7. The third-order valence-corrected chi connectivity index (χ3v) is 0. The normalized spacial score (nSPS) is 7.00. The van der Waals surface area contributed by atoms with Crippen molar-refractivity contribution in [3.05, 3.63) is 0 Å². The van der Waals surface area contributed by atoms with Crippen molar-refractivity contribution in [2.24, 2.45) is 0 Å². The molecule has 0 saturated heterocycles. The molecule has 0 radical (unpaired) electrons. The van der Waals surface area contributed by atoms with Crippen LogP contribution < -0.4 is 18.9 Å². The van der Waals surface area contributed by atoms with Gasteiger partial charge in [-0.05, 0) is 0 Å². The Morgan fingerprint density at radius 3 is 0.900 bits per heavy atom. The summed E-state index contributed by atoms with van der Waals surface area (Å²) in [5, 5.41) is 0. The molecule has 0 rings (SSSR count). The second-order valence-electron chi connectivity index (χ2n) is 0.461. The summed E-state index contributed by atoms with van der Waals surface area (Å²) in [6.07, 6.45) is 0. The Balaban J connectivity index is -0.00000000800. The van der Waals surface area contributed by atoms with Crippen molar-refractivity contribution in [3.63, 3.8) is 0 Å². The molecule has 10 heteroatoms. The number of rotatable bonds is 0. The summed E-state index contributed by atoms with van der Waals surface area (Å²) in [4.78, 5) is 0. The summed E-state index contributed by atoms with van der Waals surface area (Å²) in [5.41, 5.74) is 0. The first-order chi connectivity index (χ1) is 3.46. The van der Waals surface area contributed by atoms with Gasteiger partial charge >= 0.3 is 56.6 Å². The van der Waals surface area contributed by atoms with Crippen molar-refractivity contribution in [1.29, 1.82) is 0 Å². The molecule has 0 aromatic rings. The first-order valence-electron chi connectivity index (χ1n) is 1.06.